The third-order valence-electron chi connectivity index (χ3n) is 5.07. The normalized spacial score (nSPS) is 24.4. The van der Waals surface area contributed by atoms with Gasteiger partial charge in [-0.3, -0.25) is 14.2 Å². The molecule has 0 radical (unpaired) electrons. The van der Waals surface area contributed by atoms with Gasteiger partial charge in [0.05, 0.1) is 35.8 Å². The van der Waals surface area contributed by atoms with Crippen LogP contribution >= 0.6 is 0 Å². The zero-order valence-electron chi connectivity index (χ0n) is 13.6. The van der Waals surface area contributed by atoms with Gasteiger partial charge in [0, 0.05) is 19.7 Å². The fraction of sp³-hybridized carbons (Fsp3) is 0.500. The van der Waals surface area contributed by atoms with Gasteiger partial charge in [-0.25, -0.2) is 4.98 Å². The van der Waals surface area contributed by atoms with Gasteiger partial charge in [0.1, 0.15) is 0 Å². The molecule has 6 heteroatoms. The van der Waals surface area contributed by atoms with Crippen LogP contribution in [-0.4, -0.2) is 46.7 Å². The van der Waals surface area contributed by atoms with Gasteiger partial charge in [-0.2, -0.15) is 0 Å². The van der Waals surface area contributed by atoms with E-state index in [-0.39, 0.29) is 23.4 Å². The quantitative estimate of drug-likeness (QED) is 0.840. The fourth-order valence-corrected chi connectivity index (χ4v) is 3.71. The van der Waals surface area contributed by atoms with Crippen molar-refractivity contribution >= 4 is 16.8 Å². The molecule has 0 aliphatic carbocycles. The van der Waals surface area contributed by atoms with Gasteiger partial charge in [0.15, 0.2) is 0 Å². The van der Waals surface area contributed by atoms with E-state index in [9.17, 15) is 9.59 Å². The van der Waals surface area contributed by atoms with Crippen LogP contribution in [0, 0.1) is 5.92 Å². The average molecular weight is 327 g/mol. The summed E-state index contributed by atoms with van der Waals surface area (Å²) in [6.07, 6.45) is 4.23. The zero-order valence-corrected chi connectivity index (χ0v) is 13.6. The second kappa shape index (κ2) is 6.36. The molecule has 1 amide bonds. The van der Waals surface area contributed by atoms with Crippen LogP contribution < -0.4 is 5.56 Å². The Balaban J connectivity index is 1.59. The highest BCUT2D eigenvalue weighted by molar-refractivity contribution is 5.79. The molecule has 0 spiro atoms. The molecule has 24 heavy (non-hydrogen) atoms. The summed E-state index contributed by atoms with van der Waals surface area (Å²) in [5.41, 5.74) is 0.690. The van der Waals surface area contributed by atoms with Crippen molar-refractivity contribution in [1.82, 2.24) is 14.5 Å². The number of nitrogens with zero attached hydrogens (tertiary/aromatic N) is 3. The minimum Gasteiger partial charge on any atom is -0.381 e. The molecule has 0 bridgehead atoms. The molecule has 2 aliphatic heterocycles. The minimum atomic E-state index is -0.0240. The summed E-state index contributed by atoms with van der Waals surface area (Å²) in [4.78, 5) is 31.7. The fourth-order valence-electron chi connectivity index (χ4n) is 3.71. The molecule has 2 fully saturated rings. The first-order valence-electron chi connectivity index (χ1n) is 8.56. The lowest BCUT2D eigenvalue weighted by Crippen LogP contribution is -2.45. The molecule has 1 aromatic heterocycles. The number of carbonyl (C=O) groups is 1. The number of benzene rings is 1. The van der Waals surface area contributed by atoms with Crippen LogP contribution in [0.5, 0.6) is 0 Å². The highest BCUT2D eigenvalue weighted by atomic mass is 16.5. The van der Waals surface area contributed by atoms with Crippen LogP contribution in [0.2, 0.25) is 0 Å². The first kappa shape index (κ1) is 15.3. The summed E-state index contributed by atoms with van der Waals surface area (Å²) in [5.74, 6) is 0.147. The van der Waals surface area contributed by atoms with Crippen molar-refractivity contribution in [2.45, 2.75) is 25.3 Å². The monoisotopic (exact) mass is 327 g/mol. The molecule has 3 heterocycles. The third kappa shape index (κ3) is 2.71. The lowest BCUT2D eigenvalue weighted by atomic mass is 10.0. The van der Waals surface area contributed by atoms with Crippen molar-refractivity contribution in [2.75, 3.05) is 26.3 Å². The number of para-hydroxylation sites is 1. The molecular formula is C18H21N3O3. The Bertz CT molecular complexity index is 811. The largest absolute Gasteiger partial charge is 0.381 e. The van der Waals surface area contributed by atoms with Crippen LogP contribution in [0.25, 0.3) is 10.9 Å². The lowest BCUT2D eigenvalue weighted by Gasteiger charge is -2.34. The van der Waals surface area contributed by atoms with Crippen LogP contribution in [0.1, 0.15) is 25.3 Å². The van der Waals surface area contributed by atoms with Gasteiger partial charge < -0.3 is 9.64 Å². The Morgan fingerprint density at radius 3 is 2.96 bits per heavy atom. The Morgan fingerprint density at radius 1 is 1.25 bits per heavy atom. The van der Waals surface area contributed by atoms with Gasteiger partial charge in [0.25, 0.3) is 5.56 Å². The zero-order chi connectivity index (χ0) is 16.5. The molecule has 6 nitrogen and oxygen atoms in total. The van der Waals surface area contributed by atoms with Crippen LogP contribution in [-0.2, 0) is 9.53 Å². The Labute approximate surface area is 140 Å². The van der Waals surface area contributed by atoms with Crippen molar-refractivity contribution in [3.63, 3.8) is 0 Å². The van der Waals surface area contributed by atoms with Gasteiger partial charge >= 0.3 is 0 Å². The van der Waals surface area contributed by atoms with Gasteiger partial charge in [-0.05, 0) is 31.4 Å². The smallest absolute Gasteiger partial charge is 0.261 e. The molecule has 2 saturated heterocycles. The van der Waals surface area contributed by atoms with E-state index in [2.05, 4.69) is 4.98 Å². The van der Waals surface area contributed by atoms with E-state index < -0.39 is 0 Å². The maximum absolute atomic E-state index is 12.8. The predicted molar refractivity (Wildman–Crippen MR) is 89.8 cm³/mol. The highest BCUT2D eigenvalue weighted by Crippen LogP contribution is 2.24. The van der Waals surface area contributed by atoms with E-state index in [0.717, 1.165) is 25.8 Å². The molecule has 2 aliphatic rings. The van der Waals surface area contributed by atoms with Crippen molar-refractivity contribution in [3.8, 4) is 0 Å². The maximum atomic E-state index is 12.8. The summed E-state index contributed by atoms with van der Waals surface area (Å²) in [6.45, 7) is 2.54. The number of fused-ring (bicyclic) bond motifs is 1. The minimum absolute atomic E-state index is 0.00497. The standard InChI is InChI=1S/C18H21N3O3/c22-17(13-7-9-24-11-13)20-8-3-4-14(10-20)21-12-19-16-6-2-1-5-15(16)18(21)23/h1-2,5-6,12-14H,3-4,7-11H2/t13-,14-/m1/s1. The number of rotatable bonds is 2. The topological polar surface area (TPSA) is 64.4 Å². The summed E-state index contributed by atoms with van der Waals surface area (Å²) >= 11 is 0. The van der Waals surface area contributed by atoms with Crippen molar-refractivity contribution in [2.24, 2.45) is 5.92 Å². The number of amides is 1. The second-order valence-electron chi connectivity index (χ2n) is 6.61. The summed E-state index contributed by atoms with van der Waals surface area (Å²) in [5, 5.41) is 0.632. The highest BCUT2D eigenvalue weighted by Gasteiger charge is 2.32. The number of carbonyl (C=O) groups excluding carboxylic acids is 1. The van der Waals surface area contributed by atoms with E-state index in [1.54, 1.807) is 10.9 Å². The van der Waals surface area contributed by atoms with E-state index >= 15 is 0 Å². The van der Waals surface area contributed by atoms with Crippen LogP contribution in [0.15, 0.2) is 35.4 Å². The lowest BCUT2D eigenvalue weighted by molar-refractivity contribution is -0.137. The van der Waals surface area contributed by atoms with E-state index in [4.69, 9.17) is 4.74 Å². The maximum Gasteiger partial charge on any atom is 0.261 e. The predicted octanol–water partition coefficient (Wildman–Crippen LogP) is 1.60. The summed E-state index contributed by atoms with van der Waals surface area (Å²) in [7, 11) is 0. The van der Waals surface area contributed by atoms with E-state index in [0.29, 0.717) is 30.7 Å². The number of piperidine rings is 1. The van der Waals surface area contributed by atoms with Gasteiger partial charge in [0.2, 0.25) is 5.91 Å². The number of hydrogen-bond donors (Lipinski definition) is 0. The van der Waals surface area contributed by atoms with E-state index in [1.807, 2.05) is 29.2 Å². The molecule has 2 atom stereocenters. The van der Waals surface area contributed by atoms with Crippen LogP contribution in [0.3, 0.4) is 0 Å². The SMILES string of the molecule is O=C([C@@H]1CCOC1)N1CCC[C@@H](n2cnc3ccccc3c2=O)C1. The summed E-state index contributed by atoms with van der Waals surface area (Å²) in [6, 6.07) is 7.38. The van der Waals surface area contributed by atoms with Gasteiger partial charge in [-0.15, -0.1) is 0 Å². The van der Waals surface area contributed by atoms with Crippen molar-refractivity contribution < 1.29 is 9.53 Å². The van der Waals surface area contributed by atoms with Crippen molar-refractivity contribution in [3.05, 3.63) is 40.9 Å². The first-order valence-corrected chi connectivity index (χ1v) is 8.56. The number of hydrogen-bond acceptors (Lipinski definition) is 4. The Hall–Kier alpha value is -2.21. The van der Waals surface area contributed by atoms with Crippen molar-refractivity contribution in [1.29, 1.82) is 0 Å². The molecule has 126 valence electrons. The second-order valence-corrected chi connectivity index (χ2v) is 6.61. The number of likely N-dealkylation sites (tertiary alicyclic amines) is 1. The Morgan fingerprint density at radius 2 is 2.12 bits per heavy atom. The molecule has 0 unspecified atom stereocenters. The molecule has 1 aromatic carbocycles. The Kier molecular flexibility index (Phi) is 4.06. The van der Waals surface area contributed by atoms with Crippen LogP contribution in [0.4, 0.5) is 0 Å². The summed E-state index contributed by atoms with van der Waals surface area (Å²) < 4.78 is 7.04. The van der Waals surface area contributed by atoms with E-state index in [1.165, 1.54) is 0 Å². The molecule has 0 N–H and O–H groups in total. The molecule has 0 saturated carbocycles. The third-order valence-corrected chi connectivity index (χ3v) is 5.07. The first-order chi connectivity index (χ1) is 11.7. The number of aromatic nitrogens is 2. The molecule has 2 aromatic rings. The molecule has 4 rings (SSSR count). The number of ether oxygens (including phenoxy) is 1. The molecular weight excluding hydrogens is 306 g/mol. The average Bonchev–Trinajstić information content (AvgIpc) is 3.16. The van der Waals surface area contributed by atoms with Gasteiger partial charge in [-0.1, -0.05) is 12.1 Å².